The fourth-order valence-electron chi connectivity index (χ4n) is 3.55. The van der Waals surface area contributed by atoms with Crippen LogP contribution in [0.3, 0.4) is 0 Å². The number of nitrogens with one attached hydrogen (secondary N) is 1. The second-order valence-corrected chi connectivity index (χ2v) is 7.33. The van der Waals surface area contributed by atoms with Gasteiger partial charge in [0.25, 0.3) is 11.4 Å². The number of hydrogen-bond acceptors (Lipinski definition) is 6. The normalized spacial score (nSPS) is 11.0. The Balaban J connectivity index is 1.50. The van der Waals surface area contributed by atoms with E-state index in [4.69, 9.17) is 4.52 Å². The summed E-state index contributed by atoms with van der Waals surface area (Å²) >= 11 is 0. The Kier molecular flexibility index (Phi) is 5.38. The van der Waals surface area contributed by atoms with Gasteiger partial charge in [0.15, 0.2) is 0 Å². The molecule has 0 fully saturated rings. The average molecular weight is 459 g/mol. The van der Waals surface area contributed by atoms with Crippen LogP contribution in [-0.2, 0) is 11.3 Å². The number of fused-ring (bicyclic) bond motifs is 1. The highest BCUT2D eigenvalue weighted by Crippen LogP contribution is 2.28. The Morgan fingerprint density at radius 1 is 1.03 bits per heavy atom. The van der Waals surface area contributed by atoms with Crippen LogP contribution in [0, 0.1) is 11.6 Å². The molecule has 0 bridgehead atoms. The number of para-hydroxylation sites is 1. The summed E-state index contributed by atoms with van der Waals surface area (Å²) in [6.07, 6.45) is 3.20. The zero-order chi connectivity index (χ0) is 23.7. The Labute approximate surface area is 190 Å². The second kappa shape index (κ2) is 8.66. The van der Waals surface area contributed by atoms with E-state index in [2.05, 4.69) is 20.4 Å². The zero-order valence-electron chi connectivity index (χ0n) is 17.4. The van der Waals surface area contributed by atoms with E-state index in [1.807, 2.05) is 0 Å². The lowest BCUT2D eigenvalue weighted by atomic mass is 10.1. The Hall–Kier alpha value is -4.73. The molecule has 3 aromatic heterocycles. The van der Waals surface area contributed by atoms with Gasteiger partial charge in [0.2, 0.25) is 11.7 Å². The molecular weight excluding hydrogens is 444 g/mol. The van der Waals surface area contributed by atoms with E-state index in [9.17, 15) is 18.4 Å². The first-order chi connectivity index (χ1) is 16.5. The van der Waals surface area contributed by atoms with Crippen LogP contribution in [0.4, 0.5) is 14.5 Å². The highest BCUT2D eigenvalue weighted by atomic mass is 19.1. The molecule has 3 heterocycles. The largest absolute Gasteiger partial charge is 0.334 e. The maximum Gasteiger partial charge on any atom is 0.259 e. The summed E-state index contributed by atoms with van der Waals surface area (Å²) in [7, 11) is 0. The maximum atomic E-state index is 13.9. The molecule has 5 rings (SSSR count). The van der Waals surface area contributed by atoms with Gasteiger partial charge >= 0.3 is 0 Å². The number of pyridine rings is 2. The van der Waals surface area contributed by atoms with E-state index >= 15 is 0 Å². The Morgan fingerprint density at radius 3 is 2.62 bits per heavy atom. The summed E-state index contributed by atoms with van der Waals surface area (Å²) in [6, 6.07) is 14.5. The van der Waals surface area contributed by atoms with E-state index in [-0.39, 0.29) is 18.1 Å². The van der Waals surface area contributed by atoms with Gasteiger partial charge in [-0.25, -0.2) is 8.78 Å². The number of carbonyl (C=O) groups excluding carboxylic acids is 1. The number of rotatable bonds is 5. The number of benzene rings is 2. The molecule has 34 heavy (non-hydrogen) atoms. The molecular formula is C24H15F2N5O3. The topological polar surface area (TPSA) is 103 Å². The molecule has 8 nitrogen and oxygen atoms in total. The van der Waals surface area contributed by atoms with Crippen LogP contribution in [0.5, 0.6) is 0 Å². The van der Waals surface area contributed by atoms with Crippen molar-refractivity contribution in [1.82, 2.24) is 19.7 Å². The molecule has 1 N–H and O–H groups in total. The lowest BCUT2D eigenvalue weighted by molar-refractivity contribution is -0.116. The van der Waals surface area contributed by atoms with Crippen molar-refractivity contribution in [3.05, 3.63) is 95.0 Å². The third-order valence-corrected chi connectivity index (χ3v) is 5.12. The summed E-state index contributed by atoms with van der Waals surface area (Å²) in [6.45, 7) is -0.386. The van der Waals surface area contributed by atoms with Crippen LogP contribution < -0.4 is 10.9 Å². The van der Waals surface area contributed by atoms with Crippen LogP contribution in [0.25, 0.3) is 33.7 Å². The fraction of sp³-hybridized carbons (Fsp3) is 0.0417. The lowest BCUT2D eigenvalue weighted by Crippen LogP contribution is -2.28. The van der Waals surface area contributed by atoms with E-state index < -0.39 is 23.1 Å². The third-order valence-electron chi connectivity index (χ3n) is 5.12. The van der Waals surface area contributed by atoms with Crippen molar-refractivity contribution >= 4 is 22.5 Å². The maximum absolute atomic E-state index is 13.9. The first-order valence-electron chi connectivity index (χ1n) is 10.1. The van der Waals surface area contributed by atoms with E-state index in [0.717, 1.165) is 12.1 Å². The number of nitrogens with zero attached hydrogens (tertiary/aromatic N) is 4. The first-order valence-corrected chi connectivity index (χ1v) is 10.1. The number of hydrogen-bond donors (Lipinski definition) is 1. The summed E-state index contributed by atoms with van der Waals surface area (Å²) in [4.78, 5) is 33.9. The SMILES string of the molecule is O=C(Cn1c(=O)cc(-c2nc(-c3ccncc3)no2)c2ccccc21)Nc1ccc(F)cc1F. The predicted molar refractivity (Wildman–Crippen MR) is 120 cm³/mol. The van der Waals surface area contributed by atoms with Crippen molar-refractivity contribution in [3.8, 4) is 22.8 Å². The molecule has 0 unspecified atom stereocenters. The quantitative estimate of drug-likeness (QED) is 0.426. The standard InChI is InChI=1S/C24H15F2N5O3/c25-15-5-6-19(18(26)11-15)28-21(32)13-31-20-4-2-1-3-16(20)17(12-22(31)33)24-29-23(30-34-24)14-7-9-27-10-8-14/h1-12H,13H2,(H,28,32). The molecule has 0 aliphatic carbocycles. The van der Waals surface area contributed by atoms with Crippen LogP contribution in [0.15, 0.2) is 82.4 Å². The van der Waals surface area contributed by atoms with Gasteiger partial charge in [-0.05, 0) is 30.3 Å². The van der Waals surface area contributed by atoms with Crippen LogP contribution in [0.2, 0.25) is 0 Å². The fourth-order valence-corrected chi connectivity index (χ4v) is 3.55. The van der Waals surface area contributed by atoms with E-state index in [1.54, 1.807) is 48.8 Å². The average Bonchev–Trinajstić information content (AvgIpc) is 3.33. The second-order valence-electron chi connectivity index (χ2n) is 7.33. The Bertz CT molecular complexity index is 1580. The zero-order valence-corrected chi connectivity index (χ0v) is 17.4. The molecule has 5 aromatic rings. The molecule has 0 aliphatic heterocycles. The molecule has 1 amide bonds. The number of aromatic nitrogens is 4. The summed E-state index contributed by atoms with van der Waals surface area (Å²) in [5.74, 6) is -1.84. The highest BCUT2D eigenvalue weighted by molar-refractivity contribution is 5.95. The van der Waals surface area contributed by atoms with Crippen LogP contribution in [0.1, 0.15) is 0 Å². The van der Waals surface area contributed by atoms with Gasteiger partial charge in [0.1, 0.15) is 18.2 Å². The van der Waals surface area contributed by atoms with Gasteiger partial charge in [-0.1, -0.05) is 23.4 Å². The van der Waals surface area contributed by atoms with Gasteiger partial charge in [0.05, 0.1) is 16.8 Å². The Morgan fingerprint density at radius 2 is 1.82 bits per heavy atom. The number of amides is 1. The van der Waals surface area contributed by atoms with Crippen molar-refractivity contribution < 1.29 is 18.1 Å². The van der Waals surface area contributed by atoms with Crippen molar-refractivity contribution in [3.63, 3.8) is 0 Å². The number of carbonyl (C=O) groups is 1. The molecule has 2 aromatic carbocycles. The third kappa shape index (κ3) is 4.04. The predicted octanol–water partition coefficient (Wildman–Crippen LogP) is 4.03. The molecule has 0 saturated heterocycles. The van der Waals surface area contributed by atoms with Crippen molar-refractivity contribution in [2.24, 2.45) is 0 Å². The minimum absolute atomic E-state index is 0.144. The molecule has 168 valence electrons. The molecule has 0 saturated carbocycles. The van der Waals surface area contributed by atoms with E-state index in [1.165, 1.54) is 10.6 Å². The smallest absolute Gasteiger partial charge is 0.259 e. The van der Waals surface area contributed by atoms with Gasteiger partial charge in [-0.3, -0.25) is 19.1 Å². The van der Waals surface area contributed by atoms with Gasteiger partial charge in [0, 0.05) is 35.5 Å². The van der Waals surface area contributed by atoms with E-state index in [0.29, 0.717) is 33.9 Å². The van der Waals surface area contributed by atoms with Gasteiger partial charge < -0.3 is 9.84 Å². The minimum atomic E-state index is -0.915. The van der Waals surface area contributed by atoms with Gasteiger partial charge in [-0.2, -0.15) is 4.98 Å². The van der Waals surface area contributed by atoms with Crippen LogP contribution in [-0.4, -0.2) is 25.6 Å². The lowest BCUT2D eigenvalue weighted by Gasteiger charge is -2.12. The summed E-state index contributed by atoms with van der Waals surface area (Å²) in [5, 5.41) is 6.95. The van der Waals surface area contributed by atoms with Crippen molar-refractivity contribution in [1.29, 1.82) is 0 Å². The number of anilines is 1. The highest BCUT2D eigenvalue weighted by Gasteiger charge is 2.18. The van der Waals surface area contributed by atoms with Gasteiger partial charge in [-0.15, -0.1) is 0 Å². The molecule has 10 heteroatoms. The number of halogens is 2. The summed E-state index contributed by atoms with van der Waals surface area (Å²) < 4.78 is 33.7. The minimum Gasteiger partial charge on any atom is -0.334 e. The molecule has 0 radical (unpaired) electrons. The molecule has 0 spiro atoms. The van der Waals surface area contributed by atoms with Crippen molar-refractivity contribution in [2.75, 3.05) is 5.32 Å². The van der Waals surface area contributed by atoms with Crippen LogP contribution >= 0.6 is 0 Å². The molecule has 0 aliphatic rings. The summed E-state index contributed by atoms with van der Waals surface area (Å²) in [5.41, 5.74) is 0.882. The van der Waals surface area contributed by atoms with Crippen molar-refractivity contribution in [2.45, 2.75) is 6.54 Å². The molecule has 0 atom stereocenters. The monoisotopic (exact) mass is 459 g/mol. The first kappa shape index (κ1) is 21.1.